The first-order valence-corrected chi connectivity index (χ1v) is 7.06. The second kappa shape index (κ2) is 6.84. The van der Waals surface area contributed by atoms with Crippen molar-refractivity contribution in [1.29, 1.82) is 0 Å². The molecule has 2 unspecified atom stereocenters. The van der Waals surface area contributed by atoms with Gasteiger partial charge in [0.25, 0.3) is 0 Å². The van der Waals surface area contributed by atoms with Gasteiger partial charge in [-0.15, -0.1) is 0 Å². The molecule has 0 radical (unpaired) electrons. The van der Waals surface area contributed by atoms with Crippen molar-refractivity contribution in [3.63, 3.8) is 0 Å². The topological polar surface area (TPSA) is 42.1 Å². The van der Waals surface area contributed by atoms with Crippen LogP contribution in [0.15, 0.2) is 48.8 Å². The summed E-state index contributed by atoms with van der Waals surface area (Å²) >= 11 is 6.23. The van der Waals surface area contributed by atoms with Gasteiger partial charge in [-0.2, -0.15) is 0 Å². The van der Waals surface area contributed by atoms with Gasteiger partial charge in [-0.25, -0.2) is 0 Å². The molecular formula is C16H20ClN3. The van der Waals surface area contributed by atoms with E-state index in [0.29, 0.717) is 0 Å². The summed E-state index contributed by atoms with van der Waals surface area (Å²) in [6.07, 6.45) is 3.60. The van der Waals surface area contributed by atoms with Crippen LogP contribution in [0, 0.1) is 0 Å². The Kier molecular flexibility index (Phi) is 5.12. The Balaban J connectivity index is 2.20. The summed E-state index contributed by atoms with van der Waals surface area (Å²) in [7, 11) is 2.07. The fourth-order valence-electron chi connectivity index (χ4n) is 2.51. The molecule has 0 saturated carbocycles. The maximum absolute atomic E-state index is 6.23. The molecule has 1 aromatic heterocycles. The minimum absolute atomic E-state index is 0.0184. The van der Waals surface area contributed by atoms with Crippen molar-refractivity contribution in [2.75, 3.05) is 7.05 Å². The third kappa shape index (κ3) is 3.57. The molecule has 2 rings (SSSR count). The maximum atomic E-state index is 6.23. The van der Waals surface area contributed by atoms with Gasteiger partial charge >= 0.3 is 0 Å². The Morgan fingerprint density at radius 3 is 2.45 bits per heavy atom. The number of hydrogen-bond acceptors (Lipinski definition) is 3. The van der Waals surface area contributed by atoms with Crippen LogP contribution < -0.4 is 5.73 Å². The molecule has 0 saturated heterocycles. The molecule has 2 N–H and O–H groups in total. The molecule has 0 spiro atoms. The smallest absolute Gasteiger partial charge is 0.0498 e. The molecule has 2 aromatic rings. The molecule has 1 aromatic carbocycles. The molecule has 4 heteroatoms. The first-order valence-electron chi connectivity index (χ1n) is 6.68. The summed E-state index contributed by atoms with van der Waals surface area (Å²) in [5.41, 5.74) is 8.44. The summed E-state index contributed by atoms with van der Waals surface area (Å²) in [6.45, 7) is 2.78. The van der Waals surface area contributed by atoms with Gasteiger partial charge < -0.3 is 5.73 Å². The number of nitrogens with two attached hydrogens (primary N) is 1. The van der Waals surface area contributed by atoms with Crippen LogP contribution in [0.4, 0.5) is 0 Å². The second-order valence-electron chi connectivity index (χ2n) is 5.09. The van der Waals surface area contributed by atoms with Gasteiger partial charge in [-0.1, -0.05) is 29.8 Å². The number of hydrogen-bond donors (Lipinski definition) is 1. The van der Waals surface area contributed by atoms with Crippen molar-refractivity contribution < 1.29 is 0 Å². The molecular weight excluding hydrogens is 270 g/mol. The van der Waals surface area contributed by atoms with Crippen LogP contribution in [0.2, 0.25) is 5.02 Å². The van der Waals surface area contributed by atoms with E-state index in [-0.39, 0.29) is 12.1 Å². The highest BCUT2D eigenvalue weighted by atomic mass is 35.5. The average Bonchev–Trinajstić information content (AvgIpc) is 2.42. The predicted octanol–water partition coefficient (Wildman–Crippen LogP) is 3.26. The number of halogens is 1. The molecule has 3 nitrogen and oxygen atoms in total. The van der Waals surface area contributed by atoms with E-state index in [1.165, 1.54) is 5.56 Å². The Morgan fingerprint density at radius 1 is 1.20 bits per heavy atom. The lowest BCUT2D eigenvalue weighted by Crippen LogP contribution is -2.37. The number of nitrogens with zero attached hydrogens (tertiary/aromatic N) is 2. The van der Waals surface area contributed by atoms with Crippen molar-refractivity contribution in [1.82, 2.24) is 9.88 Å². The van der Waals surface area contributed by atoms with Crippen LogP contribution in [0.3, 0.4) is 0 Å². The van der Waals surface area contributed by atoms with Crippen molar-refractivity contribution >= 4 is 11.6 Å². The van der Waals surface area contributed by atoms with Crippen LogP contribution >= 0.6 is 11.6 Å². The third-order valence-corrected chi connectivity index (χ3v) is 3.77. The normalized spacial score (nSPS) is 14.2. The zero-order valence-electron chi connectivity index (χ0n) is 11.8. The van der Waals surface area contributed by atoms with Crippen LogP contribution in [0.25, 0.3) is 0 Å². The van der Waals surface area contributed by atoms with E-state index in [9.17, 15) is 0 Å². The van der Waals surface area contributed by atoms with Crippen LogP contribution in [-0.2, 0) is 6.54 Å². The minimum Gasteiger partial charge on any atom is -0.326 e. The van der Waals surface area contributed by atoms with Crippen LogP contribution in [-0.4, -0.2) is 23.0 Å². The van der Waals surface area contributed by atoms with E-state index in [1.54, 1.807) is 12.4 Å². The maximum Gasteiger partial charge on any atom is 0.0498 e. The van der Waals surface area contributed by atoms with E-state index < -0.39 is 0 Å². The first-order chi connectivity index (χ1) is 9.59. The van der Waals surface area contributed by atoms with Crippen molar-refractivity contribution in [2.24, 2.45) is 5.73 Å². The fraction of sp³-hybridized carbons (Fsp3) is 0.312. The monoisotopic (exact) mass is 289 g/mol. The Hall–Kier alpha value is -1.42. The standard InChI is InChI=1S/C16H20ClN3/c1-12(18)16(13-7-9-19-10-8-13)20(2)11-14-5-3-4-6-15(14)17/h3-10,12,16H,11,18H2,1-2H3. The third-order valence-electron chi connectivity index (χ3n) is 3.40. The molecule has 0 bridgehead atoms. The van der Waals surface area contributed by atoms with E-state index in [4.69, 9.17) is 17.3 Å². The van der Waals surface area contributed by atoms with Gasteiger partial charge in [-0.05, 0) is 43.3 Å². The summed E-state index contributed by atoms with van der Waals surface area (Å²) in [6, 6.07) is 12.1. The zero-order chi connectivity index (χ0) is 14.5. The fourth-order valence-corrected chi connectivity index (χ4v) is 2.71. The Labute approximate surface area is 125 Å². The predicted molar refractivity (Wildman–Crippen MR) is 83.5 cm³/mol. The number of benzene rings is 1. The number of aromatic nitrogens is 1. The number of rotatable bonds is 5. The quantitative estimate of drug-likeness (QED) is 0.919. The van der Waals surface area contributed by atoms with Gasteiger partial charge in [0.2, 0.25) is 0 Å². The summed E-state index contributed by atoms with van der Waals surface area (Å²) < 4.78 is 0. The van der Waals surface area contributed by atoms with E-state index in [2.05, 4.69) is 16.9 Å². The van der Waals surface area contributed by atoms with Crippen molar-refractivity contribution in [3.8, 4) is 0 Å². The number of likely N-dealkylation sites (N-methyl/N-ethyl adjacent to an activating group) is 1. The molecule has 0 aliphatic rings. The van der Waals surface area contributed by atoms with E-state index in [1.807, 2.05) is 43.3 Å². The van der Waals surface area contributed by atoms with Crippen LogP contribution in [0.1, 0.15) is 24.1 Å². The van der Waals surface area contributed by atoms with Gasteiger partial charge in [0.1, 0.15) is 0 Å². The highest BCUT2D eigenvalue weighted by molar-refractivity contribution is 6.31. The second-order valence-corrected chi connectivity index (χ2v) is 5.50. The molecule has 0 amide bonds. The van der Waals surface area contributed by atoms with Gasteiger partial charge in [0, 0.05) is 36.0 Å². The molecule has 2 atom stereocenters. The summed E-state index contributed by atoms with van der Waals surface area (Å²) in [4.78, 5) is 6.29. The van der Waals surface area contributed by atoms with E-state index >= 15 is 0 Å². The van der Waals surface area contributed by atoms with Gasteiger partial charge in [-0.3, -0.25) is 9.88 Å². The molecule has 0 aliphatic carbocycles. The lowest BCUT2D eigenvalue weighted by Gasteiger charge is -2.31. The summed E-state index contributed by atoms with van der Waals surface area (Å²) in [5.74, 6) is 0. The molecule has 106 valence electrons. The highest BCUT2D eigenvalue weighted by Gasteiger charge is 2.21. The summed E-state index contributed by atoms with van der Waals surface area (Å²) in [5, 5.41) is 0.789. The molecule has 0 fully saturated rings. The number of pyridine rings is 1. The largest absolute Gasteiger partial charge is 0.326 e. The molecule has 0 aliphatic heterocycles. The molecule has 1 heterocycles. The zero-order valence-corrected chi connectivity index (χ0v) is 12.6. The Morgan fingerprint density at radius 2 is 1.85 bits per heavy atom. The van der Waals surface area contributed by atoms with Crippen molar-refractivity contribution in [2.45, 2.75) is 25.6 Å². The van der Waals surface area contributed by atoms with Gasteiger partial charge in [0.15, 0.2) is 0 Å². The Bertz CT molecular complexity index is 542. The van der Waals surface area contributed by atoms with Crippen molar-refractivity contribution in [3.05, 3.63) is 64.9 Å². The molecule has 20 heavy (non-hydrogen) atoms. The lowest BCUT2D eigenvalue weighted by molar-refractivity contribution is 0.211. The average molecular weight is 290 g/mol. The van der Waals surface area contributed by atoms with Gasteiger partial charge in [0.05, 0.1) is 0 Å². The van der Waals surface area contributed by atoms with Crippen LogP contribution in [0.5, 0.6) is 0 Å². The highest BCUT2D eigenvalue weighted by Crippen LogP contribution is 2.25. The first kappa shape index (κ1) is 15.0. The van der Waals surface area contributed by atoms with E-state index in [0.717, 1.165) is 17.1 Å². The lowest BCUT2D eigenvalue weighted by atomic mass is 10.00. The minimum atomic E-state index is 0.0184. The SMILES string of the molecule is CC(N)C(c1ccncc1)N(C)Cc1ccccc1Cl.